The summed E-state index contributed by atoms with van der Waals surface area (Å²) in [5.74, 6) is 0.0435. The van der Waals surface area contributed by atoms with Gasteiger partial charge in [0, 0.05) is 18.2 Å². The van der Waals surface area contributed by atoms with Crippen molar-refractivity contribution in [3.63, 3.8) is 0 Å². The van der Waals surface area contributed by atoms with Gasteiger partial charge in [0.2, 0.25) is 0 Å². The van der Waals surface area contributed by atoms with Gasteiger partial charge in [-0.25, -0.2) is 0 Å². The van der Waals surface area contributed by atoms with E-state index in [1.54, 1.807) is 0 Å². The van der Waals surface area contributed by atoms with Crippen molar-refractivity contribution in [2.75, 3.05) is 6.54 Å². The molecule has 0 radical (unpaired) electrons. The number of nitriles is 1. The van der Waals surface area contributed by atoms with Crippen LogP contribution < -0.4 is 11.5 Å². The Hall–Kier alpha value is -1.09. The van der Waals surface area contributed by atoms with Crippen LogP contribution in [0, 0.1) is 11.3 Å². The highest BCUT2D eigenvalue weighted by Crippen LogP contribution is 2.32. The van der Waals surface area contributed by atoms with E-state index in [1.807, 2.05) is 6.07 Å². The van der Waals surface area contributed by atoms with Crippen LogP contribution in [0.2, 0.25) is 0 Å². The highest BCUT2D eigenvalue weighted by Gasteiger charge is 2.13. The molecule has 0 heterocycles. The lowest BCUT2D eigenvalue weighted by Crippen LogP contribution is -2.21. The van der Waals surface area contributed by atoms with Crippen LogP contribution in [0.1, 0.15) is 17.2 Å². The number of benzene rings is 1. The number of rotatable bonds is 2. The molecular weight excluding hydrogens is 246 g/mol. The first kappa shape index (κ1) is 11.0. The molecule has 0 amide bonds. The van der Waals surface area contributed by atoms with Gasteiger partial charge in [-0.15, -0.1) is 0 Å². The van der Waals surface area contributed by atoms with Gasteiger partial charge >= 0.3 is 0 Å². The molecule has 0 aliphatic heterocycles. The third kappa shape index (κ3) is 2.04. The van der Waals surface area contributed by atoms with Crippen molar-refractivity contribution in [3.8, 4) is 11.8 Å². The Kier molecular flexibility index (Phi) is 3.47. The lowest BCUT2D eigenvalue weighted by atomic mass is 10.0. The van der Waals surface area contributed by atoms with Gasteiger partial charge in [-0.3, -0.25) is 0 Å². The second-order valence-electron chi connectivity index (χ2n) is 2.85. The van der Waals surface area contributed by atoms with E-state index in [0.717, 1.165) is 0 Å². The van der Waals surface area contributed by atoms with Crippen LogP contribution in [-0.4, -0.2) is 11.7 Å². The lowest BCUT2D eigenvalue weighted by molar-refractivity contribution is 0.458. The fraction of sp³-hybridized carbons (Fsp3) is 0.222. The molecule has 5 heteroatoms. The zero-order valence-corrected chi connectivity index (χ0v) is 8.95. The van der Waals surface area contributed by atoms with Gasteiger partial charge in [-0.2, -0.15) is 5.26 Å². The summed E-state index contributed by atoms with van der Waals surface area (Å²) in [7, 11) is 0. The maximum Gasteiger partial charge on any atom is 0.134 e. The van der Waals surface area contributed by atoms with Crippen molar-refractivity contribution < 1.29 is 5.11 Å². The van der Waals surface area contributed by atoms with Crippen molar-refractivity contribution in [2.45, 2.75) is 6.04 Å². The predicted octanol–water partition coefficient (Wildman–Crippen LogP) is 0.985. The van der Waals surface area contributed by atoms with Crippen LogP contribution in [0.3, 0.4) is 0 Å². The summed E-state index contributed by atoms with van der Waals surface area (Å²) in [4.78, 5) is 0. The molecule has 0 aliphatic rings. The molecule has 5 N–H and O–H groups in total. The number of halogens is 1. The highest BCUT2D eigenvalue weighted by atomic mass is 79.9. The first-order chi connectivity index (χ1) is 6.60. The average Bonchev–Trinajstić information content (AvgIpc) is 2.20. The molecule has 1 aromatic carbocycles. The van der Waals surface area contributed by atoms with E-state index in [4.69, 9.17) is 16.7 Å². The zero-order chi connectivity index (χ0) is 10.7. The average molecular weight is 256 g/mol. The van der Waals surface area contributed by atoms with Crippen molar-refractivity contribution in [1.82, 2.24) is 0 Å². The summed E-state index contributed by atoms with van der Waals surface area (Å²) in [6, 6.07) is 4.59. The van der Waals surface area contributed by atoms with E-state index in [0.29, 0.717) is 15.6 Å². The summed E-state index contributed by atoms with van der Waals surface area (Å²) in [6.07, 6.45) is 0. The van der Waals surface area contributed by atoms with E-state index in [2.05, 4.69) is 15.9 Å². The number of hydrogen-bond acceptors (Lipinski definition) is 4. The number of phenolic OH excluding ortho intramolecular Hbond substituents is 1. The predicted molar refractivity (Wildman–Crippen MR) is 56.5 cm³/mol. The zero-order valence-electron chi connectivity index (χ0n) is 7.37. The molecule has 0 aromatic heterocycles. The molecular formula is C9H10BrN3O. The Morgan fingerprint density at radius 3 is 2.71 bits per heavy atom. The van der Waals surface area contributed by atoms with E-state index >= 15 is 0 Å². The van der Waals surface area contributed by atoms with Crippen LogP contribution >= 0.6 is 15.9 Å². The Labute approximate surface area is 90.3 Å². The van der Waals surface area contributed by atoms with Crippen molar-refractivity contribution in [2.24, 2.45) is 11.5 Å². The molecule has 0 saturated carbocycles. The third-order valence-corrected chi connectivity index (χ3v) is 2.48. The largest absolute Gasteiger partial charge is 0.506 e. The maximum absolute atomic E-state index is 9.63. The first-order valence-corrected chi connectivity index (χ1v) is 4.77. The van der Waals surface area contributed by atoms with Crippen LogP contribution in [0.5, 0.6) is 5.75 Å². The second kappa shape index (κ2) is 4.42. The minimum absolute atomic E-state index is 0.0435. The fourth-order valence-electron chi connectivity index (χ4n) is 1.09. The SMILES string of the molecule is N#Cc1cc(Br)c(O)c([C@H](N)CN)c1. The number of aromatic hydroxyl groups is 1. The molecule has 0 bridgehead atoms. The minimum Gasteiger partial charge on any atom is -0.506 e. The van der Waals surface area contributed by atoms with Crippen molar-refractivity contribution in [1.29, 1.82) is 5.26 Å². The van der Waals surface area contributed by atoms with Gasteiger partial charge in [0.25, 0.3) is 0 Å². The smallest absolute Gasteiger partial charge is 0.134 e. The van der Waals surface area contributed by atoms with Gasteiger partial charge in [-0.1, -0.05) is 0 Å². The van der Waals surface area contributed by atoms with E-state index in [9.17, 15) is 5.11 Å². The number of nitrogens with two attached hydrogens (primary N) is 2. The molecule has 74 valence electrons. The Bertz CT molecular complexity index is 386. The first-order valence-electron chi connectivity index (χ1n) is 3.98. The fourth-order valence-corrected chi connectivity index (χ4v) is 1.57. The van der Waals surface area contributed by atoms with Crippen LogP contribution in [0.4, 0.5) is 0 Å². The van der Waals surface area contributed by atoms with Gasteiger partial charge < -0.3 is 16.6 Å². The molecule has 0 fully saturated rings. The summed E-state index contributed by atoms with van der Waals surface area (Å²) in [6.45, 7) is 0.217. The molecule has 1 atom stereocenters. The lowest BCUT2D eigenvalue weighted by Gasteiger charge is -2.12. The van der Waals surface area contributed by atoms with Gasteiger partial charge in [0.1, 0.15) is 5.75 Å². The summed E-state index contributed by atoms with van der Waals surface area (Å²) >= 11 is 3.14. The topological polar surface area (TPSA) is 96.1 Å². The summed E-state index contributed by atoms with van der Waals surface area (Å²) < 4.78 is 0.454. The van der Waals surface area contributed by atoms with Gasteiger partial charge in [0.05, 0.1) is 16.1 Å². The van der Waals surface area contributed by atoms with E-state index < -0.39 is 6.04 Å². The molecule has 4 nitrogen and oxygen atoms in total. The van der Waals surface area contributed by atoms with Crippen molar-refractivity contribution in [3.05, 3.63) is 27.7 Å². The standard InChI is InChI=1S/C9H10BrN3O/c10-7-2-5(3-11)1-6(9(7)14)8(13)4-12/h1-2,8,14H,4,12-13H2/t8-/m1/s1. The van der Waals surface area contributed by atoms with Crippen molar-refractivity contribution >= 4 is 15.9 Å². The Morgan fingerprint density at radius 1 is 1.57 bits per heavy atom. The highest BCUT2D eigenvalue weighted by molar-refractivity contribution is 9.10. The molecule has 0 spiro atoms. The molecule has 0 aliphatic carbocycles. The minimum atomic E-state index is -0.459. The molecule has 0 unspecified atom stereocenters. The third-order valence-electron chi connectivity index (χ3n) is 1.88. The second-order valence-corrected chi connectivity index (χ2v) is 3.70. The number of nitrogens with zero attached hydrogens (tertiary/aromatic N) is 1. The van der Waals surface area contributed by atoms with Crippen LogP contribution in [0.15, 0.2) is 16.6 Å². The van der Waals surface area contributed by atoms with Gasteiger partial charge in [-0.05, 0) is 28.1 Å². The van der Waals surface area contributed by atoms with E-state index in [1.165, 1.54) is 12.1 Å². The van der Waals surface area contributed by atoms with Crippen LogP contribution in [0.25, 0.3) is 0 Å². The maximum atomic E-state index is 9.63. The summed E-state index contributed by atoms with van der Waals surface area (Å²) in [5, 5.41) is 18.3. The normalized spacial score (nSPS) is 12.1. The van der Waals surface area contributed by atoms with Gasteiger partial charge in [0.15, 0.2) is 0 Å². The Balaban J connectivity index is 3.28. The Morgan fingerprint density at radius 2 is 2.21 bits per heavy atom. The summed E-state index contributed by atoms with van der Waals surface area (Å²) in [5.41, 5.74) is 12.0. The number of hydrogen-bond donors (Lipinski definition) is 3. The molecule has 0 saturated heterocycles. The quantitative estimate of drug-likeness (QED) is 0.734. The van der Waals surface area contributed by atoms with Crippen LogP contribution in [-0.2, 0) is 0 Å². The van der Waals surface area contributed by atoms with E-state index in [-0.39, 0.29) is 12.3 Å². The monoisotopic (exact) mass is 255 g/mol. The molecule has 1 aromatic rings. The molecule has 14 heavy (non-hydrogen) atoms. The number of phenols is 1. The molecule has 1 rings (SSSR count).